The van der Waals surface area contributed by atoms with Crippen molar-refractivity contribution in [3.05, 3.63) is 18.0 Å². The minimum absolute atomic E-state index is 0.275. The van der Waals surface area contributed by atoms with E-state index in [-0.39, 0.29) is 5.38 Å². The van der Waals surface area contributed by atoms with Gasteiger partial charge in [-0.3, -0.25) is 4.68 Å². The van der Waals surface area contributed by atoms with Crippen LogP contribution in [0.25, 0.3) is 0 Å². The number of hydrogen-bond donors (Lipinski definition) is 0. The lowest BCUT2D eigenvalue weighted by Gasteiger charge is -2.22. The summed E-state index contributed by atoms with van der Waals surface area (Å²) < 4.78 is 2.21. The Balaban J connectivity index is 1.66. The van der Waals surface area contributed by atoms with E-state index in [4.69, 9.17) is 16.7 Å². The Morgan fingerprint density at radius 1 is 1.39 bits per heavy atom. The number of alkyl halides is 1. The maximum atomic E-state index is 6.30. The SMILES string of the molecule is CC(Cl)C1(Cc2ccn(C3CCCCC3)n2)CC1. The Hall–Kier alpha value is -0.500. The van der Waals surface area contributed by atoms with Gasteiger partial charge in [-0.05, 0) is 50.5 Å². The van der Waals surface area contributed by atoms with Crippen LogP contribution in [0.3, 0.4) is 0 Å². The van der Waals surface area contributed by atoms with Crippen LogP contribution in [-0.2, 0) is 6.42 Å². The smallest absolute Gasteiger partial charge is 0.0630 e. The molecule has 1 atom stereocenters. The number of rotatable bonds is 4. The Morgan fingerprint density at radius 2 is 2.11 bits per heavy atom. The lowest BCUT2D eigenvalue weighted by Crippen LogP contribution is -2.17. The first-order valence-electron chi connectivity index (χ1n) is 7.38. The van der Waals surface area contributed by atoms with Gasteiger partial charge in [0.25, 0.3) is 0 Å². The number of nitrogens with zero attached hydrogens (tertiary/aromatic N) is 2. The molecule has 0 bridgehead atoms. The minimum atomic E-state index is 0.275. The Labute approximate surface area is 115 Å². The van der Waals surface area contributed by atoms with Crippen molar-refractivity contribution in [2.24, 2.45) is 5.41 Å². The molecule has 0 radical (unpaired) electrons. The third kappa shape index (κ3) is 2.45. The van der Waals surface area contributed by atoms with E-state index in [2.05, 4.69) is 23.9 Å². The standard InChI is InChI=1S/C15H23ClN2/c1-12(16)15(8-9-15)11-13-7-10-18(17-13)14-5-3-2-4-6-14/h7,10,12,14H,2-6,8-9,11H2,1H3. The summed E-state index contributed by atoms with van der Waals surface area (Å²) in [5.74, 6) is 0. The first-order chi connectivity index (χ1) is 8.70. The molecule has 0 saturated heterocycles. The monoisotopic (exact) mass is 266 g/mol. The summed E-state index contributed by atoms with van der Waals surface area (Å²) in [5.41, 5.74) is 1.60. The highest BCUT2D eigenvalue weighted by Gasteiger charge is 2.46. The van der Waals surface area contributed by atoms with Gasteiger partial charge in [-0.1, -0.05) is 19.3 Å². The van der Waals surface area contributed by atoms with Gasteiger partial charge in [0.2, 0.25) is 0 Å². The van der Waals surface area contributed by atoms with Gasteiger partial charge < -0.3 is 0 Å². The molecular formula is C15H23ClN2. The lowest BCUT2D eigenvalue weighted by molar-refractivity contribution is 0.326. The summed E-state index contributed by atoms with van der Waals surface area (Å²) in [6.07, 6.45) is 12.5. The van der Waals surface area contributed by atoms with Gasteiger partial charge in [0.05, 0.1) is 11.7 Å². The lowest BCUT2D eigenvalue weighted by atomic mass is 9.96. The fraction of sp³-hybridized carbons (Fsp3) is 0.800. The number of hydrogen-bond acceptors (Lipinski definition) is 1. The van der Waals surface area contributed by atoms with Gasteiger partial charge >= 0.3 is 0 Å². The van der Waals surface area contributed by atoms with Gasteiger partial charge in [-0.2, -0.15) is 5.10 Å². The van der Waals surface area contributed by atoms with E-state index < -0.39 is 0 Å². The van der Waals surface area contributed by atoms with Crippen LogP contribution in [-0.4, -0.2) is 15.2 Å². The molecule has 3 heteroatoms. The van der Waals surface area contributed by atoms with E-state index >= 15 is 0 Å². The molecule has 2 saturated carbocycles. The third-order valence-electron chi connectivity index (χ3n) is 4.88. The van der Waals surface area contributed by atoms with Crippen molar-refractivity contribution < 1.29 is 0 Å². The zero-order valence-electron chi connectivity index (χ0n) is 11.2. The molecule has 2 fully saturated rings. The van der Waals surface area contributed by atoms with Gasteiger partial charge in [0.1, 0.15) is 0 Å². The average molecular weight is 267 g/mol. The molecule has 3 rings (SSSR count). The maximum absolute atomic E-state index is 6.30. The molecule has 18 heavy (non-hydrogen) atoms. The summed E-state index contributed by atoms with van der Waals surface area (Å²) >= 11 is 6.30. The first-order valence-corrected chi connectivity index (χ1v) is 7.81. The highest BCUT2D eigenvalue weighted by molar-refractivity contribution is 6.21. The molecule has 1 unspecified atom stereocenters. The second kappa shape index (κ2) is 4.88. The normalized spacial score (nSPS) is 25.0. The topological polar surface area (TPSA) is 17.8 Å². The molecule has 0 aliphatic heterocycles. The van der Waals surface area contributed by atoms with Crippen LogP contribution < -0.4 is 0 Å². The molecule has 1 aromatic heterocycles. The molecule has 2 nitrogen and oxygen atoms in total. The quantitative estimate of drug-likeness (QED) is 0.742. The van der Waals surface area contributed by atoms with Crippen LogP contribution in [0.15, 0.2) is 12.3 Å². The van der Waals surface area contributed by atoms with E-state index in [1.165, 1.54) is 50.6 Å². The largest absolute Gasteiger partial charge is 0.269 e. The van der Waals surface area contributed by atoms with Gasteiger partial charge in [0.15, 0.2) is 0 Å². The fourth-order valence-corrected chi connectivity index (χ4v) is 3.55. The van der Waals surface area contributed by atoms with Crippen molar-refractivity contribution in [1.29, 1.82) is 0 Å². The molecular weight excluding hydrogens is 244 g/mol. The molecule has 100 valence electrons. The molecule has 0 aromatic carbocycles. The summed E-state index contributed by atoms with van der Waals surface area (Å²) in [4.78, 5) is 0. The van der Waals surface area contributed by atoms with Crippen molar-refractivity contribution in [3.63, 3.8) is 0 Å². The molecule has 1 heterocycles. The highest BCUT2D eigenvalue weighted by Crippen LogP contribution is 2.53. The van der Waals surface area contributed by atoms with Crippen LogP contribution in [0.5, 0.6) is 0 Å². The van der Waals surface area contributed by atoms with Gasteiger partial charge in [0, 0.05) is 11.6 Å². The van der Waals surface area contributed by atoms with E-state index in [0.717, 1.165) is 6.42 Å². The molecule has 0 N–H and O–H groups in total. The minimum Gasteiger partial charge on any atom is -0.269 e. The van der Waals surface area contributed by atoms with E-state index in [1.807, 2.05) is 0 Å². The third-order valence-corrected chi connectivity index (χ3v) is 5.34. The summed E-state index contributed by atoms with van der Waals surface area (Å²) in [6, 6.07) is 2.85. The number of halogens is 1. The van der Waals surface area contributed by atoms with Crippen molar-refractivity contribution in [1.82, 2.24) is 9.78 Å². The van der Waals surface area contributed by atoms with E-state index in [9.17, 15) is 0 Å². The second-order valence-corrected chi connectivity index (χ2v) is 6.89. The highest BCUT2D eigenvalue weighted by atomic mass is 35.5. The predicted octanol–water partition coefficient (Wildman–Crippen LogP) is 4.34. The van der Waals surface area contributed by atoms with Crippen LogP contribution >= 0.6 is 11.6 Å². The van der Waals surface area contributed by atoms with E-state index in [0.29, 0.717) is 11.5 Å². The maximum Gasteiger partial charge on any atom is 0.0630 e. The Morgan fingerprint density at radius 3 is 2.72 bits per heavy atom. The van der Waals surface area contributed by atoms with Crippen LogP contribution in [0.2, 0.25) is 0 Å². The number of aromatic nitrogens is 2. The predicted molar refractivity (Wildman–Crippen MR) is 75.0 cm³/mol. The summed E-state index contributed by atoms with van der Waals surface area (Å²) in [6.45, 7) is 2.13. The van der Waals surface area contributed by atoms with Crippen molar-refractivity contribution in [2.75, 3.05) is 0 Å². The molecule has 1 aromatic rings. The average Bonchev–Trinajstić information content (AvgIpc) is 3.01. The van der Waals surface area contributed by atoms with Crippen LogP contribution in [0.4, 0.5) is 0 Å². The van der Waals surface area contributed by atoms with Crippen LogP contribution in [0, 0.1) is 5.41 Å². The fourth-order valence-electron chi connectivity index (χ4n) is 3.26. The van der Waals surface area contributed by atoms with Gasteiger partial charge in [-0.15, -0.1) is 11.6 Å². The van der Waals surface area contributed by atoms with Crippen LogP contribution in [0.1, 0.15) is 63.6 Å². The Kier molecular flexibility index (Phi) is 3.40. The first kappa shape index (κ1) is 12.5. The van der Waals surface area contributed by atoms with Crippen molar-refractivity contribution in [3.8, 4) is 0 Å². The van der Waals surface area contributed by atoms with Crippen molar-refractivity contribution in [2.45, 2.75) is 69.7 Å². The Bertz CT molecular complexity index is 400. The van der Waals surface area contributed by atoms with Gasteiger partial charge in [-0.25, -0.2) is 0 Å². The van der Waals surface area contributed by atoms with Crippen molar-refractivity contribution >= 4 is 11.6 Å². The zero-order valence-corrected chi connectivity index (χ0v) is 12.0. The summed E-state index contributed by atoms with van der Waals surface area (Å²) in [7, 11) is 0. The summed E-state index contributed by atoms with van der Waals surface area (Å²) in [5, 5.41) is 5.07. The molecule has 0 amide bonds. The van der Waals surface area contributed by atoms with E-state index in [1.54, 1.807) is 0 Å². The molecule has 0 spiro atoms. The molecule has 2 aliphatic rings. The molecule has 2 aliphatic carbocycles. The zero-order chi connectivity index (χ0) is 12.6. The second-order valence-electron chi connectivity index (χ2n) is 6.23.